The van der Waals surface area contributed by atoms with Crippen molar-refractivity contribution in [1.82, 2.24) is 10.2 Å². The van der Waals surface area contributed by atoms with Gasteiger partial charge >= 0.3 is 0 Å². The van der Waals surface area contributed by atoms with E-state index >= 15 is 0 Å². The molecular formula is C14H20N4O2. The van der Waals surface area contributed by atoms with Gasteiger partial charge in [-0.25, -0.2) is 0 Å². The number of hydrogen-bond donors (Lipinski definition) is 1. The molecule has 6 nitrogen and oxygen atoms in total. The van der Waals surface area contributed by atoms with E-state index in [1.54, 1.807) is 12.1 Å². The SMILES string of the molecule is Cc1cc(N2CC(N3CCNCC3)C2)cc([N+](=O)[O-])c1. The molecule has 20 heavy (non-hydrogen) atoms. The number of hydrogen-bond acceptors (Lipinski definition) is 5. The molecule has 3 rings (SSSR count). The summed E-state index contributed by atoms with van der Waals surface area (Å²) in [4.78, 5) is 15.3. The van der Waals surface area contributed by atoms with Gasteiger partial charge in [-0.2, -0.15) is 0 Å². The van der Waals surface area contributed by atoms with Gasteiger partial charge < -0.3 is 10.2 Å². The first-order valence-corrected chi connectivity index (χ1v) is 7.09. The van der Waals surface area contributed by atoms with Gasteiger partial charge in [-0.15, -0.1) is 0 Å². The summed E-state index contributed by atoms with van der Waals surface area (Å²) < 4.78 is 0. The molecule has 0 aliphatic carbocycles. The predicted octanol–water partition coefficient (Wildman–Crippen LogP) is 0.997. The molecule has 108 valence electrons. The number of nitro groups is 1. The van der Waals surface area contributed by atoms with Gasteiger partial charge in [-0.1, -0.05) is 0 Å². The molecule has 0 spiro atoms. The molecule has 0 atom stereocenters. The minimum Gasteiger partial charge on any atom is -0.368 e. The summed E-state index contributed by atoms with van der Waals surface area (Å²) >= 11 is 0. The summed E-state index contributed by atoms with van der Waals surface area (Å²) in [5.74, 6) is 0. The van der Waals surface area contributed by atoms with E-state index in [0.29, 0.717) is 6.04 Å². The van der Waals surface area contributed by atoms with Crippen molar-refractivity contribution in [3.05, 3.63) is 33.9 Å². The van der Waals surface area contributed by atoms with Crippen LogP contribution < -0.4 is 10.2 Å². The summed E-state index contributed by atoms with van der Waals surface area (Å²) in [6.45, 7) is 8.18. The number of benzene rings is 1. The highest BCUT2D eigenvalue weighted by Crippen LogP contribution is 2.28. The predicted molar refractivity (Wildman–Crippen MR) is 78.3 cm³/mol. The van der Waals surface area contributed by atoms with Crippen LogP contribution in [0.5, 0.6) is 0 Å². The van der Waals surface area contributed by atoms with Crippen molar-refractivity contribution in [1.29, 1.82) is 0 Å². The zero-order valence-electron chi connectivity index (χ0n) is 11.7. The Morgan fingerprint density at radius 3 is 2.60 bits per heavy atom. The van der Waals surface area contributed by atoms with Crippen LogP contribution >= 0.6 is 0 Å². The highest BCUT2D eigenvalue weighted by Gasteiger charge is 2.32. The Morgan fingerprint density at radius 1 is 1.25 bits per heavy atom. The number of rotatable bonds is 3. The number of piperazine rings is 1. The minimum absolute atomic E-state index is 0.186. The zero-order chi connectivity index (χ0) is 14.1. The quantitative estimate of drug-likeness (QED) is 0.659. The molecule has 2 aliphatic rings. The summed E-state index contributed by atoms with van der Waals surface area (Å²) in [5, 5.41) is 14.3. The van der Waals surface area contributed by atoms with Crippen molar-refractivity contribution < 1.29 is 4.92 Å². The van der Waals surface area contributed by atoms with Gasteiger partial charge in [0.25, 0.3) is 5.69 Å². The van der Waals surface area contributed by atoms with E-state index in [9.17, 15) is 10.1 Å². The molecule has 0 bridgehead atoms. The first-order valence-electron chi connectivity index (χ1n) is 7.09. The van der Waals surface area contributed by atoms with Crippen LogP contribution in [-0.4, -0.2) is 55.1 Å². The van der Waals surface area contributed by atoms with E-state index < -0.39 is 0 Å². The second-order valence-electron chi connectivity index (χ2n) is 5.63. The van der Waals surface area contributed by atoms with E-state index in [1.165, 1.54) is 0 Å². The molecule has 6 heteroatoms. The third kappa shape index (κ3) is 2.62. The molecule has 1 aromatic rings. The standard InChI is InChI=1S/C14H20N4O2/c1-11-6-12(8-13(7-11)18(19)20)17-9-14(10-17)16-4-2-15-3-5-16/h6-8,14-15H,2-5,9-10H2,1H3. The molecule has 0 radical (unpaired) electrons. The number of nitrogens with zero attached hydrogens (tertiary/aromatic N) is 3. The molecule has 0 unspecified atom stereocenters. The van der Waals surface area contributed by atoms with Gasteiger partial charge in [-0.05, 0) is 18.6 Å². The minimum atomic E-state index is -0.315. The van der Waals surface area contributed by atoms with Crippen LogP contribution in [0.25, 0.3) is 0 Å². The fourth-order valence-electron chi connectivity index (χ4n) is 2.98. The van der Waals surface area contributed by atoms with Crippen molar-refractivity contribution in [3.63, 3.8) is 0 Å². The Morgan fingerprint density at radius 2 is 1.95 bits per heavy atom. The van der Waals surface area contributed by atoms with Crippen LogP contribution in [0.4, 0.5) is 11.4 Å². The molecule has 0 saturated carbocycles. The lowest BCUT2D eigenvalue weighted by Gasteiger charge is -2.48. The Labute approximate surface area is 118 Å². The second-order valence-corrected chi connectivity index (χ2v) is 5.63. The monoisotopic (exact) mass is 276 g/mol. The Bertz CT molecular complexity index is 508. The normalized spacial score (nSPS) is 20.8. The van der Waals surface area contributed by atoms with Crippen molar-refractivity contribution in [2.75, 3.05) is 44.2 Å². The summed E-state index contributed by atoms with van der Waals surface area (Å²) in [6, 6.07) is 5.93. The number of nitrogens with one attached hydrogen (secondary N) is 1. The largest absolute Gasteiger partial charge is 0.368 e. The topological polar surface area (TPSA) is 61.6 Å². The van der Waals surface area contributed by atoms with Gasteiger partial charge in [0.15, 0.2) is 0 Å². The highest BCUT2D eigenvalue weighted by atomic mass is 16.6. The Hall–Kier alpha value is -1.66. The van der Waals surface area contributed by atoms with Crippen LogP contribution in [-0.2, 0) is 0 Å². The number of non-ortho nitro benzene ring substituents is 1. The molecule has 0 aromatic heterocycles. The zero-order valence-corrected chi connectivity index (χ0v) is 11.7. The van der Waals surface area contributed by atoms with Crippen molar-refractivity contribution in [2.24, 2.45) is 0 Å². The summed E-state index contributed by atoms with van der Waals surface area (Å²) in [6.07, 6.45) is 0. The first-order chi connectivity index (χ1) is 9.63. The molecular weight excluding hydrogens is 256 g/mol. The molecule has 0 amide bonds. The van der Waals surface area contributed by atoms with E-state index in [1.807, 2.05) is 13.0 Å². The van der Waals surface area contributed by atoms with Crippen molar-refractivity contribution in [3.8, 4) is 0 Å². The number of aryl methyl sites for hydroxylation is 1. The Balaban J connectivity index is 1.65. The van der Waals surface area contributed by atoms with Crippen LogP contribution in [0.3, 0.4) is 0 Å². The molecule has 2 fully saturated rings. The number of nitro benzene ring substituents is 1. The van der Waals surface area contributed by atoms with Gasteiger partial charge in [0, 0.05) is 63.1 Å². The molecule has 2 aliphatic heterocycles. The van der Waals surface area contributed by atoms with E-state index in [2.05, 4.69) is 15.1 Å². The average molecular weight is 276 g/mol. The highest BCUT2D eigenvalue weighted by molar-refractivity contribution is 5.57. The summed E-state index contributed by atoms with van der Waals surface area (Å²) in [5.41, 5.74) is 2.11. The van der Waals surface area contributed by atoms with Crippen LogP contribution in [0.15, 0.2) is 18.2 Å². The van der Waals surface area contributed by atoms with Crippen molar-refractivity contribution >= 4 is 11.4 Å². The number of anilines is 1. The maximum Gasteiger partial charge on any atom is 0.271 e. The van der Waals surface area contributed by atoms with Crippen LogP contribution in [0.1, 0.15) is 5.56 Å². The molecule has 2 heterocycles. The van der Waals surface area contributed by atoms with Crippen LogP contribution in [0.2, 0.25) is 0 Å². The molecule has 1 N–H and O–H groups in total. The molecule has 1 aromatic carbocycles. The van der Waals surface area contributed by atoms with Gasteiger partial charge in [0.2, 0.25) is 0 Å². The fourth-order valence-corrected chi connectivity index (χ4v) is 2.98. The lowest BCUT2D eigenvalue weighted by Crippen LogP contribution is -2.62. The van der Waals surface area contributed by atoms with Crippen LogP contribution in [0, 0.1) is 17.0 Å². The van der Waals surface area contributed by atoms with Gasteiger partial charge in [0.05, 0.1) is 4.92 Å². The van der Waals surface area contributed by atoms with E-state index in [0.717, 1.165) is 50.5 Å². The second kappa shape index (κ2) is 5.38. The molecule has 2 saturated heterocycles. The third-order valence-electron chi connectivity index (χ3n) is 4.15. The van der Waals surface area contributed by atoms with Gasteiger partial charge in [0.1, 0.15) is 0 Å². The summed E-state index contributed by atoms with van der Waals surface area (Å²) in [7, 11) is 0. The van der Waals surface area contributed by atoms with Gasteiger partial charge in [-0.3, -0.25) is 15.0 Å². The maximum absolute atomic E-state index is 10.9. The van der Waals surface area contributed by atoms with Crippen molar-refractivity contribution in [2.45, 2.75) is 13.0 Å². The third-order valence-corrected chi connectivity index (χ3v) is 4.15. The first kappa shape index (κ1) is 13.3. The van der Waals surface area contributed by atoms with E-state index in [-0.39, 0.29) is 10.6 Å². The van der Waals surface area contributed by atoms with E-state index in [4.69, 9.17) is 0 Å². The lowest BCUT2D eigenvalue weighted by atomic mass is 10.0. The maximum atomic E-state index is 10.9. The Kier molecular flexibility index (Phi) is 3.58. The lowest BCUT2D eigenvalue weighted by molar-refractivity contribution is -0.384. The average Bonchev–Trinajstić information content (AvgIpc) is 2.37. The fraction of sp³-hybridized carbons (Fsp3) is 0.571. The smallest absolute Gasteiger partial charge is 0.271 e.